The Hall–Kier alpha value is -2.21. The lowest BCUT2D eigenvalue weighted by Crippen LogP contribution is -2.41. The number of rotatable bonds is 7. The molecule has 2 aromatic rings. The number of piperidine rings is 1. The Kier molecular flexibility index (Phi) is 6.83. The van der Waals surface area contributed by atoms with Crippen LogP contribution in [0.15, 0.2) is 28.8 Å². The van der Waals surface area contributed by atoms with Gasteiger partial charge >= 0.3 is 0 Å². The monoisotopic (exact) mass is 384 g/mol. The smallest absolute Gasteiger partial charge is 0.234 e. The number of carbonyl (C=O) groups excluding carboxylic acids is 1. The molecule has 1 N–H and O–H groups in total. The van der Waals surface area contributed by atoms with Crippen LogP contribution in [0.5, 0.6) is 0 Å². The van der Waals surface area contributed by atoms with Gasteiger partial charge in [-0.15, -0.1) is 0 Å². The van der Waals surface area contributed by atoms with Gasteiger partial charge in [0, 0.05) is 5.92 Å². The largest absolute Gasteiger partial charge is 0.348 e. The third kappa shape index (κ3) is 5.64. The predicted octanol–water partition coefficient (Wildman–Crippen LogP) is 3.63. The van der Waals surface area contributed by atoms with Crippen LogP contribution in [0.1, 0.15) is 68.4 Å². The van der Waals surface area contributed by atoms with Gasteiger partial charge in [0.1, 0.15) is 0 Å². The molecule has 0 aliphatic carbocycles. The Bertz CT molecular complexity index is 761. The van der Waals surface area contributed by atoms with Crippen molar-refractivity contribution in [2.75, 3.05) is 19.6 Å². The summed E-state index contributed by atoms with van der Waals surface area (Å²) in [5.74, 6) is 2.45. The molecule has 6 nitrogen and oxygen atoms in total. The zero-order chi connectivity index (χ0) is 20.1. The van der Waals surface area contributed by atoms with E-state index in [1.807, 2.05) is 13.8 Å². The fourth-order valence-electron chi connectivity index (χ4n) is 3.80. The van der Waals surface area contributed by atoms with Crippen LogP contribution in [0.4, 0.5) is 0 Å². The Morgan fingerprint density at radius 2 is 1.89 bits per heavy atom. The molecule has 1 aliphatic heterocycles. The van der Waals surface area contributed by atoms with Crippen LogP contribution in [0.3, 0.4) is 0 Å². The quantitative estimate of drug-likeness (QED) is 0.789. The van der Waals surface area contributed by atoms with Crippen molar-refractivity contribution in [1.29, 1.82) is 0 Å². The van der Waals surface area contributed by atoms with Gasteiger partial charge < -0.3 is 9.84 Å². The summed E-state index contributed by atoms with van der Waals surface area (Å²) in [6.45, 7) is 10.5. The maximum atomic E-state index is 12.5. The molecule has 1 unspecified atom stereocenters. The van der Waals surface area contributed by atoms with Crippen molar-refractivity contribution in [3.63, 3.8) is 0 Å². The van der Waals surface area contributed by atoms with Crippen LogP contribution in [-0.2, 0) is 11.2 Å². The summed E-state index contributed by atoms with van der Waals surface area (Å²) in [5.41, 5.74) is 2.49. The van der Waals surface area contributed by atoms with Crippen LogP contribution in [0, 0.1) is 12.8 Å². The second-order valence-electron chi connectivity index (χ2n) is 8.36. The number of hydrogen-bond acceptors (Lipinski definition) is 5. The third-order valence-corrected chi connectivity index (χ3v) is 5.35. The molecule has 152 valence electrons. The predicted molar refractivity (Wildman–Crippen MR) is 109 cm³/mol. The van der Waals surface area contributed by atoms with Gasteiger partial charge in [0.15, 0.2) is 5.82 Å². The van der Waals surface area contributed by atoms with Crippen molar-refractivity contribution in [2.45, 2.75) is 58.9 Å². The van der Waals surface area contributed by atoms with E-state index in [0.717, 1.165) is 43.8 Å². The van der Waals surface area contributed by atoms with Crippen LogP contribution >= 0.6 is 0 Å². The number of hydrogen-bond donors (Lipinski definition) is 1. The zero-order valence-corrected chi connectivity index (χ0v) is 17.4. The Balaban J connectivity index is 1.44. The lowest BCUT2D eigenvalue weighted by Gasteiger charge is -2.30. The minimum absolute atomic E-state index is 0.0134. The molecular weight excluding hydrogens is 352 g/mol. The minimum Gasteiger partial charge on any atom is -0.348 e. The highest BCUT2D eigenvalue weighted by atomic mass is 16.5. The second kappa shape index (κ2) is 9.32. The summed E-state index contributed by atoms with van der Waals surface area (Å²) in [6.07, 6.45) is 2.98. The topological polar surface area (TPSA) is 71.3 Å². The number of likely N-dealkylation sites (tertiary alicyclic amines) is 1. The normalized spacial score (nSPS) is 17.0. The molecule has 1 amide bonds. The summed E-state index contributed by atoms with van der Waals surface area (Å²) in [7, 11) is 0. The first-order valence-electron chi connectivity index (χ1n) is 10.3. The van der Waals surface area contributed by atoms with E-state index in [2.05, 4.69) is 58.5 Å². The van der Waals surface area contributed by atoms with E-state index in [0.29, 0.717) is 24.2 Å². The summed E-state index contributed by atoms with van der Waals surface area (Å²) in [5, 5.41) is 7.00. The average molecular weight is 385 g/mol. The van der Waals surface area contributed by atoms with Crippen molar-refractivity contribution in [3.05, 3.63) is 47.1 Å². The summed E-state index contributed by atoms with van der Waals surface area (Å²) >= 11 is 0. The van der Waals surface area contributed by atoms with Crippen molar-refractivity contribution < 1.29 is 9.32 Å². The number of carbonyl (C=O) groups is 1. The van der Waals surface area contributed by atoms with E-state index < -0.39 is 0 Å². The van der Waals surface area contributed by atoms with Crippen LogP contribution < -0.4 is 5.32 Å². The lowest BCUT2D eigenvalue weighted by molar-refractivity contribution is -0.123. The number of amides is 1. The summed E-state index contributed by atoms with van der Waals surface area (Å²) in [4.78, 5) is 19.0. The lowest BCUT2D eigenvalue weighted by atomic mass is 9.97. The average Bonchev–Trinajstić information content (AvgIpc) is 3.08. The van der Waals surface area contributed by atoms with E-state index in [4.69, 9.17) is 4.52 Å². The van der Waals surface area contributed by atoms with E-state index in [9.17, 15) is 4.79 Å². The Morgan fingerprint density at radius 1 is 1.21 bits per heavy atom. The summed E-state index contributed by atoms with van der Waals surface area (Å²) in [6, 6.07) is 8.60. The molecule has 0 saturated carbocycles. The number of aromatic nitrogens is 2. The fourth-order valence-corrected chi connectivity index (χ4v) is 3.80. The first-order valence-corrected chi connectivity index (χ1v) is 10.3. The van der Waals surface area contributed by atoms with Crippen molar-refractivity contribution in [3.8, 4) is 0 Å². The zero-order valence-electron chi connectivity index (χ0n) is 17.4. The van der Waals surface area contributed by atoms with Gasteiger partial charge in [-0.3, -0.25) is 9.69 Å². The molecule has 1 fully saturated rings. The highest BCUT2D eigenvalue weighted by Gasteiger charge is 2.26. The maximum absolute atomic E-state index is 12.5. The number of nitrogens with one attached hydrogen (secondary N) is 1. The minimum atomic E-state index is 0.0134. The van der Waals surface area contributed by atoms with Crippen molar-refractivity contribution in [2.24, 2.45) is 5.92 Å². The van der Waals surface area contributed by atoms with Gasteiger partial charge in [-0.2, -0.15) is 4.98 Å². The van der Waals surface area contributed by atoms with Crippen LogP contribution in [0.2, 0.25) is 0 Å². The second-order valence-corrected chi connectivity index (χ2v) is 8.36. The SMILES string of the molecule is Cc1noc(C2CCN(CC(=O)NC(C)c3ccc(CC(C)C)cc3)CC2)n1. The Morgan fingerprint density at radius 3 is 2.46 bits per heavy atom. The molecule has 1 aliphatic rings. The highest BCUT2D eigenvalue weighted by Crippen LogP contribution is 2.26. The van der Waals surface area contributed by atoms with Gasteiger partial charge in [0.2, 0.25) is 11.8 Å². The van der Waals surface area contributed by atoms with E-state index >= 15 is 0 Å². The highest BCUT2D eigenvalue weighted by molar-refractivity contribution is 5.78. The standard InChI is InChI=1S/C22H32N4O2/c1-15(2)13-18-5-7-19(8-6-18)16(3)23-21(27)14-26-11-9-20(10-12-26)22-24-17(4)25-28-22/h5-8,15-16,20H,9-14H2,1-4H3,(H,23,27). The van der Waals surface area contributed by atoms with Gasteiger partial charge in [0.25, 0.3) is 0 Å². The molecule has 1 aromatic carbocycles. The molecule has 28 heavy (non-hydrogen) atoms. The van der Waals surface area contributed by atoms with Gasteiger partial charge in [-0.05, 0) is 63.2 Å². The molecule has 2 heterocycles. The van der Waals surface area contributed by atoms with Crippen molar-refractivity contribution >= 4 is 5.91 Å². The molecule has 0 radical (unpaired) electrons. The van der Waals surface area contributed by atoms with Crippen LogP contribution in [0.25, 0.3) is 0 Å². The molecule has 1 saturated heterocycles. The third-order valence-electron chi connectivity index (χ3n) is 5.35. The van der Waals surface area contributed by atoms with E-state index in [1.54, 1.807) is 0 Å². The number of nitrogens with zero attached hydrogens (tertiary/aromatic N) is 3. The molecule has 3 rings (SSSR count). The van der Waals surface area contributed by atoms with Gasteiger partial charge in [-0.1, -0.05) is 43.3 Å². The first-order chi connectivity index (χ1) is 13.4. The van der Waals surface area contributed by atoms with Gasteiger partial charge in [-0.25, -0.2) is 0 Å². The van der Waals surface area contributed by atoms with Crippen molar-refractivity contribution in [1.82, 2.24) is 20.4 Å². The first kappa shape index (κ1) is 20.5. The van der Waals surface area contributed by atoms with E-state index in [-0.39, 0.29) is 11.9 Å². The molecule has 0 spiro atoms. The molecule has 6 heteroatoms. The van der Waals surface area contributed by atoms with E-state index in [1.165, 1.54) is 5.56 Å². The number of benzene rings is 1. The number of aryl methyl sites for hydroxylation is 1. The van der Waals surface area contributed by atoms with Gasteiger partial charge in [0.05, 0.1) is 12.6 Å². The maximum Gasteiger partial charge on any atom is 0.234 e. The molecule has 1 aromatic heterocycles. The fraction of sp³-hybridized carbons (Fsp3) is 0.591. The summed E-state index contributed by atoms with van der Waals surface area (Å²) < 4.78 is 5.29. The van der Waals surface area contributed by atoms with Crippen LogP contribution in [-0.4, -0.2) is 40.6 Å². The Labute approximate surface area is 167 Å². The molecular formula is C22H32N4O2. The molecule has 1 atom stereocenters. The molecule has 0 bridgehead atoms.